The Kier molecular flexibility index (Phi) is 5.50. The lowest BCUT2D eigenvalue weighted by Gasteiger charge is -2.19. The molecule has 0 saturated carbocycles. The van der Waals surface area contributed by atoms with Gasteiger partial charge in [0.15, 0.2) is 0 Å². The molecule has 0 atom stereocenters. The number of carbonyl (C=O) groups is 1. The highest BCUT2D eigenvalue weighted by Crippen LogP contribution is 2.19. The van der Waals surface area contributed by atoms with Gasteiger partial charge in [-0.1, -0.05) is 30.3 Å². The molecule has 116 valence electrons. The molecule has 21 heavy (non-hydrogen) atoms. The second-order valence-corrected chi connectivity index (χ2v) is 5.85. The number of hydrogen-bond donors (Lipinski definition) is 1. The summed E-state index contributed by atoms with van der Waals surface area (Å²) in [6.45, 7) is -3.12. The SMILES string of the molecule is O=C(O)CN(CC(F)(F)F)S(=O)(=O)C=Cc1ccccc1. The maximum absolute atomic E-state index is 12.3. The van der Waals surface area contributed by atoms with Crippen molar-refractivity contribution >= 4 is 22.1 Å². The van der Waals surface area contributed by atoms with Crippen molar-refractivity contribution in [2.45, 2.75) is 6.18 Å². The van der Waals surface area contributed by atoms with Gasteiger partial charge in [-0.15, -0.1) is 0 Å². The molecule has 0 fully saturated rings. The van der Waals surface area contributed by atoms with Crippen LogP contribution in [-0.2, 0) is 14.8 Å². The van der Waals surface area contributed by atoms with Crippen molar-refractivity contribution in [2.24, 2.45) is 0 Å². The number of sulfonamides is 1. The van der Waals surface area contributed by atoms with Crippen molar-refractivity contribution in [1.29, 1.82) is 0 Å². The molecule has 0 aliphatic carbocycles. The molecular formula is C12H12F3NO4S. The normalized spacial score (nSPS) is 13.0. The molecule has 0 spiro atoms. The van der Waals surface area contributed by atoms with Gasteiger partial charge in [0.05, 0.1) is 0 Å². The maximum Gasteiger partial charge on any atom is 0.402 e. The maximum atomic E-state index is 12.3. The number of carboxylic acids is 1. The third-order valence-electron chi connectivity index (χ3n) is 2.26. The molecule has 5 nitrogen and oxygen atoms in total. The number of nitrogens with zero attached hydrogens (tertiary/aromatic N) is 1. The third kappa shape index (κ3) is 6.41. The van der Waals surface area contributed by atoms with Crippen LogP contribution in [0.1, 0.15) is 5.56 Å². The molecule has 0 aliphatic heterocycles. The van der Waals surface area contributed by atoms with Crippen LogP contribution in [0.3, 0.4) is 0 Å². The monoisotopic (exact) mass is 323 g/mol. The Morgan fingerprint density at radius 3 is 2.29 bits per heavy atom. The van der Waals surface area contributed by atoms with E-state index in [0.717, 1.165) is 6.08 Å². The van der Waals surface area contributed by atoms with Gasteiger partial charge in [0, 0.05) is 5.41 Å². The fourth-order valence-corrected chi connectivity index (χ4v) is 2.52. The summed E-state index contributed by atoms with van der Waals surface area (Å²) in [5, 5.41) is 9.08. The standard InChI is InChI=1S/C12H12F3NO4S/c13-12(14,15)9-16(8-11(17)18)21(19,20)7-6-10-4-2-1-3-5-10/h1-7H,8-9H2,(H,17,18). The first kappa shape index (κ1) is 17.2. The number of alkyl halides is 3. The minimum Gasteiger partial charge on any atom is -0.480 e. The summed E-state index contributed by atoms with van der Waals surface area (Å²) in [5.74, 6) is -1.67. The molecule has 0 aromatic heterocycles. The largest absolute Gasteiger partial charge is 0.480 e. The molecule has 0 aliphatic rings. The van der Waals surface area contributed by atoms with Gasteiger partial charge in [-0.05, 0) is 11.6 Å². The van der Waals surface area contributed by atoms with Gasteiger partial charge in [0.2, 0.25) is 10.0 Å². The molecule has 1 aromatic rings. The molecule has 0 unspecified atom stereocenters. The van der Waals surface area contributed by atoms with Gasteiger partial charge in [-0.3, -0.25) is 4.79 Å². The Bertz CT molecular complexity index is 611. The Morgan fingerprint density at radius 1 is 1.24 bits per heavy atom. The lowest BCUT2D eigenvalue weighted by Crippen LogP contribution is -2.41. The fraction of sp³-hybridized carbons (Fsp3) is 0.250. The topological polar surface area (TPSA) is 74.7 Å². The molecule has 0 bridgehead atoms. The molecule has 1 rings (SSSR count). The van der Waals surface area contributed by atoms with Gasteiger partial charge in [0.1, 0.15) is 13.1 Å². The van der Waals surface area contributed by atoms with E-state index in [1.807, 2.05) is 0 Å². The highest BCUT2D eigenvalue weighted by molar-refractivity contribution is 7.92. The van der Waals surface area contributed by atoms with Gasteiger partial charge in [-0.2, -0.15) is 17.5 Å². The zero-order valence-corrected chi connectivity index (χ0v) is 11.4. The number of benzene rings is 1. The minimum atomic E-state index is -4.83. The third-order valence-corrected chi connectivity index (χ3v) is 3.72. The first-order valence-corrected chi connectivity index (χ1v) is 7.12. The zero-order chi connectivity index (χ0) is 16.1. The Hall–Kier alpha value is -1.87. The summed E-state index contributed by atoms with van der Waals surface area (Å²) < 4.78 is 60.4. The molecule has 1 N–H and O–H groups in total. The Labute approximate surface area is 119 Å². The first-order valence-electron chi connectivity index (χ1n) is 5.62. The van der Waals surface area contributed by atoms with Crippen molar-refractivity contribution < 1.29 is 31.5 Å². The molecule has 0 saturated heterocycles. The van der Waals surface area contributed by atoms with Crippen LogP contribution in [0.5, 0.6) is 0 Å². The highest BCUT2D eigenvalue weighted by atomic mass is 32.2. The molecule has 0 amide bonds. The molecular weight excluding hydrogens is 311 g/mol. The van der Waals surface area contributed by atoms with E-state index in [0.29, 0.717) is 11.0 Å². The number of carboxylic acid groups (broad SMARTS) is 1. The van der Waals surface area contributed by atoms with Crippen molar-refractivity contribution in [1.82, 2.24) is 4.31 Å². The van der Waals surface area contributed by atoms with Crippen LogP contribution in [-0.4, -0.2) is 43.1 Å². The number of rotatable bonds is 6. The average Bonchev–Trinajstić information content (AvgIpc) is 2.35. The van der Waals surface area contributed by atoms with E-state index in [-0.39, 0.29) is 4.31 Å². The van der Waals surface area contributed by atoms with Crippen LogP contribution in [0.2, 0.25) is 0 Å². The average molecular weight is 323 g/mol. The van der Waals surface area contributed by atoms with E-state index in [9.17, 15) is 26.4 Å². The number of aliphatic carboxylic acids is 1. The van der Waals surface area contributed by atoms with E-state index in [1.54, 1.807) is 30.3 Å². The van der Waals surface area contributed by atoms with Crippen molar-refractivity contribution in [3.05, 3.63) is 41.3 Å². The summed E-state index contributed by atoms with van der Waals surface area (Å²) in [6.07, 6.45) is -3.73. The summed E-state index contributed by atoms with van der Waals surface area (Å²) in [4.78, 5) is 10.5. The Balaban J connectivity index is 2.98. The smallest absolute Gasteiger partial charge is 0.402 e. The van der Waals surface area contributed by atoms with E-state index in [1.165, 1.54) is 0 Å². The van der Waals surface area contributed by atoms with Gasteiger partial charge < -0.3 is 5.11 Å². The molecule has 1 aromatic carbocycles. The van der Waals surface area contributed by atoms with Crippen LogP contribution in [0.15, 0.2) is 35.7 Å². The molecule has 0 radical (unpaired) electrons. The minimum absolute atomic E-state index is 0.144. The van der Waals surface area contributed by atoms with Gasteiger partial charge in [0.25, 0.3) is 0 Å². The highest BCUT2D eigenvalue weighted by Gasteiger charge is 2.36. The van der Waals surface area contributed by atoms with Crippen LogP contribution < -0.4 is 0 Å². The molecule has 9 heteroatoms. The summed E-state index contributed by atoms with van der Waals surface area (Å²) in [7, 11) is -4.50. The zero-order valence-electron chi connectivity index (χ0n) is 10.6. The van der Waals surface area contributed by atoms with E-state index < -0.39 is 35.3 Å². The summed E-state index contributed by atoms with van der Waals surface area (Å²) in [5.41, 5.74) is 0.461. The van der Waals surface area contributed by atoms with Crippen LogP contribution in [0.4, 0.5) is 13.2 Å². The van der Waals surface area contributed by atoms with E-state index >= 15 is 0 Å². The lowest BCUT2D eigenvalue weighted by atomic mass is 10.2. The van der Waals surface area contributed by atoms with E-state index in [2.05, 4.69) is 0 Å². The van der Waals surface area contributed by atoms with Crippen LogP contribution >= 0.6 is 0 Å². The van der Waals surface area contributed by atoms with Gasteiger partial charge >= 0.3 is 12.1 Å². The van der Waals surface area contributed by atoms with Crippen LogP contribution in [0, 0.1) is 0 Å². The van der Waals surface area contributed by atoms with Crippen molar-refractivity contribution in [3.63, 3.8) is 0 Å². The number of halogens is 3. The van der Waals surface area contributed by atoms with Crippen LogP contribution in [0.25, 0.3) is 6.08 Å². The first-order chi connectivity index (χ1) is 9.60. The van der Waals surface area contributed by atoms with Gasteiger partial charge in [-0.25, -0.2) is 8.42 Å². The quantitative estimate of drug-likeness (QED) is 0.868. The predicted molar refractivity (Wildman–Crippen MR) is 69.7 cm³/mol. The second-order valence-electron chi connectivity index (χ2n) is 4.04. The predicted octanol–water partition coefficient (Wildman–Crippen LogP) is 1.94. The van der Waals surface area contributed by atoms with Crippen molar-refractivity contribution in [2.75, 3.05) is 13.1 Å². The summed E-state index contributed by atoms with van der Waals surface area (Å²) >= 11 is 0. The fourth-order valence-electron chi connectivity index (χ4n) is 1.40. The Morgan fingerprint density at radius 2 is 1.81 bits per heavy atom. The van der Waals surface area contributed by atoms with Crippen molar-refractivity contribution in [3.8, 4) is 0 Å². The molecule has 0 heterocycles. The lowest BCUT2D eigenvalue weighted by molar-refractivity contribution is -0.145. The number of hydrogen-bond acceptors (Lipinski definition) is 3. The summed E-state index contributed by atoms with van der Waals surface area (Å²) in [6, 6.07) is 8.04. The second kappa shape index (κ2) is 6.72. The van der Waals surface area contributed by atoms with E-state index in [4.69, 9.17) is 5.11 Å².